The van der Waals surface area contributed by atoms with E-state index >= 15 is 0 Å². The van der Waals surface area contributed by atoms with Crippen LogP contribution >= 0.6 is 12.4 Å². The molecule has 2 heterocycles. The number of carbonyl (C=O) groups excluding carboxylic acids is 1. The van der Waals surface area contributed by atoms with Gasteiger partial charge in [0.2, 0.25) is 5.91 Å². The van der Waals surface area contributed by atoms with Crippen LogP contribution in [0.3, 0.4) is 0 Å². The van der Waals surface area contributed by atoms with E-state index in [1.54, 1.807) is 0 Å². The van der Waals surface area contributed by atoms with E-state index in [1.807, 2.05) is 0 Å². The van der Waals surface area contributed by atoms with Crippen LogP contribution in [-0.2, 0) is 4.79 Å². The van der Waals surface area contributed by atoms with Gasteiger partial charge in [-0.15, -0.1) is 12.4 Å². The molecule has 0 spiro atoms. The van der Waals surface area contributed by atoms with Crippen LogP contribution < -0.4 is 5.32 Å². The van der Waals surface area contributed by atoms with Crippen molar-refractivity contribution in [3.63, 3.8) is 0 Å². The van der Waals surface area contributed by atoms with Crippen molar-refractivity contribution in [1.82, 2.24) is 10.2 Å². The van der Waals surface area contributed by atoms with Crippen molar-refractivity contribution in [1.29, 1.82) is 0 Å². The number of nitrogens with one attached hydrogen (secondary N) is 1. The zero-order valence-electron chi connectivity index (χ0n) is 11.4. The van der Waals surface area contributed by atoms with Gasteiger partial charge in [0.25, 0.3) is 0 Å². The normalized spacial score (nSPS) is 42.1. The van der Waals surface area contributed by atoms with Crippen molar-refractivity contribution in [3.05, 3.63) is 0 Å². The first-order valence-corrected chi connectivity index (χ1v) is 7.18. The molecule has 0 aromatic rings. The number of fused-ring (bicyclic) bond motifs is 2. The molecule has 0 radical (unpaired) electrons. The number of hydrogen-bond donors (Lipinski definition) is 1. The van der Waals surface area contributed by atoms with Gasteiger partial charge in [-0.05, 0) is 44.1 Å². The third-order valence-corrected chi connectivity index (χ3v) is 5.37. The molecule has 2 aliphatic heterocycles. The number of rotatable bonds is 2. The number of nitrogens with zero attached hydrogens (tertiary/aromatic N) is 1. The molecule has 3 aliphatic rings. The molecule has 1 amide bonds. The van der Waals surface area contributed by atoms with Gasteiger partial charge in [-0.3, -0.25) is 4.79 Å². The second-order valence-corrected chi connectivity index (χ2v) is 6.39. The molecule has 104 valence electrons. The predicted octanol–water partition coefficient (Wildman–Crippen LogP) is 2.20. The maximum absolute atomic E-state index is 12.6. The Labute approximate surface area is 116 Å². The van der Waals surface area contributed by atoms with Crippen LogP contribution in [0.1, 0.15) is 46.0 Å². The first kappa shape index (κ1) is 14.1. The van der Waals surface area contributed by atoms with Crippen molar-refractivity contribution < 1.29 is 4.79 Å². The number of carbonyl (C=O) groups is 1. The number of amides is 1. The fourth-order valence-electron chi connectivity index (χ4n) is 3.71. The second kappa shape index (κ2) is 5.01. The van der Waals surface area contributed by atoms with E-state index in [1.165, 1.54) is 12.8 Å². The molecule has 18 heavy (non-hydrogen) atoms. The highest BCUT2D eigenvalue weighted by Gasteiger charge is 2.56. The second-order valence-electron chi connectivity index (χ2n) is 6.39. The minimum Gasteiger partial charge on any atom is -0.335 e. The Morgan fingerprint density at radius 2 is 2.06 bits per heavy atom. The zero-order chi connectivity index (χ0) is 12.0. The third kappa shape index (κ3) is 2.16. The summed E-state index contributed by atoms with van der Waals surface area (Å²) in [4.78, 5) is 14.9. The largest absolute Gasteiger partial charge is 0.335 e. The van der Waals surface area contributed by atoms with Crippen LogP contribution in [0.25, 0.3) is 0 Å². The summed E-state index contributed by atoms with van der Waals surface area (Å²) in [7, 11) is 0. The summed E-state index contributed by atoms with van der Waals surface area (Å²) in [5.74, 6) is 0.791. The van der Waals surface area contributed by atoms with Gasteiger partial charge in [0.05, 0.1) is 0 Å². The quantitative estimate of drug-likeness (QED) is 0.836. The highest BCUT2D eigenvalue weighted by Crippen LogP contribution is 2.56. The molecule has 3 nitrogen and oxygen atoms in total. The van der Waals surface area contributed by atoms with Crippen molar-refractivity contribution in [3.8, 4) is 0 Å². The summed E-state index contributed by atoms with van der Waals surface area (Å²) < 4.78 is 0. The van der Waals surface area contributed by atoms with Gasteiger partial charge in [0.15, 0.2) is 0 Å². The Balaban J connectivity index is 0.00000120. The zero-order valence-corrected chi connectivity index (χ0v) is 12.3. The molecule has 2 saturated heterocycles. The van der Waals surface area contributed by atoms with Gasteiger partial charge in [0.1, 0.15) is 0 Å². The molecular formula is C14H25ClN2O. The lowest BCUT2D eigenvalue weighted by Gasteiger charge is -2.28. The van der Waals surface area contributed by atoms with Gasteiger partial charge in [-0.2, -0.15) is 0 Å². The van der Waals surface area contributed by atoms with Gasteiger partial charge in [-0.25, -0.2) is 0 Å². The number of hydrogen-bond acceptors (Lipinski definition) is 2. The lowest BCUT2D eigenvalue weighted by Crippen LogP contribution is -2.44. The molecule has 4 atom stereocenters. The average molecular weight is 273 g/mol. The molecule has 1 N–H and O–H groups in total. The smallest absolute Gasteiger partial charge is 0.226 e. The van der Waals surface area contributed by atoms with Crippen LogP contribution in [0.4, 0.5) is 0 Å². The molecule has 1 saturated carbocycles. The van der Waals surface area contributed by atoms with Crippen LogP contribution in [-0.4, -0.2) is 36.0 Å². The average Bonchev–Trinajstić information content (AvgIpc) is 2.89. The topological polar surface area (TPSA) is 32.3 Å². The fraction of sp³-hybridized carbons (Fsp3) is 0.929. The molecule has 3 fully saturated rings. The first-order valence-electron chi connectivity index (χ1n) is 7.18. The Bertz CT molecular complexity index is 322. The highest BCUT2D eigenvalue weighted by molar-refractivity contribution is 5.85. The minimum atomic E-state index is 0. The summed E-state index contributed by atoms with van der Waals surface area (Å²) in [6.07, 6.45) is 5.85. The van der Waals surface area contributed by atoms with Crippen molar-refractivity contribution >= 4 is 18.3 Å². The third-order valence-electron chi connectivity index (χ3n) is 5.37. The van der Waals surface area contributed by atoms with Crippen molar-refractivity contribution in [2.75, 3.05) is 13.1 Å². The molecule has 4 unspecified atom stereocenters. The van der Waals surface area contributed by atoms with Gasteiger partial charge < -0.3 is 10.2 Å². The van der Waals surface area contributed by atoms with Crippen LogP contribution in [0.2, 0.25) is 0 Å². The van der Waals surface area contributed by atoms with Gasteiger partial charge in [0, 0.05) is 24.5 Å². The Kier molecular flexibility index (Phi) is 3.93. The maximum atomic E-state index is 12.6. The van der Waals surface area contributed by atoms with E-state index in [0.717, 1.165) is 32.4 Å². The highest BCUT2D eigenvalue weighted by atomic mass is 35.5. The molecule has 1 aliphatic carbocycles. The SMILES string of the molecule is CCC1(C)CC1C(=O)N1C2CCNCC1CC2.Cl. The Hall–Kier alpha value is -0.280. The summed E-state index contributed by atoms with van der Waals surface area (Å²) in [6, 6.07) is 1.01. The van der Waals surface area contributed by atoms with Gasteiger partial charge in [-0.1, -0.05) is 13.8 Å². The molecule has 0 aromatic heterocycles. The van der Waals surface area contributed by atoms with E-state index in [9.17, 15) is 4.79 Å². The van der Waals surface area contributed by atoms with Crippen molar-refractivity contribution in [2.45, 2.75) is 58.0 Å². The monoisotopic (exact) mass is 272 g/mol. The summed E-state index contributed by atoms with van der Waals surface area (Å²) in [5.41, 5.74) is 0.316. The maximum Gasteiger partial charge on any atom is 0.226 e. The van der Waals surface area contributed by atoms with E-state index in [-0.39, 0.29) is 12.4 Å². The summed E-state index contributed by atoms with van der Waals surface area (Å²) in [6.45, 7) is 6.58. The van der Waals surface area contributed by atoms with E-state index in [4.69, 9.17) is 0 Å². The fourth-order valence-corrected chi connectivity index (χ4v) is 3.71. The minimum absolute atomic E-state index is 0. The van der Waals surface area contributed by atoms with Crippen molar-refractivity contribution in [2.24, 2.45) is 11.3 Å². The summed E-state index contributed by atoms with van der Waals surface area (Å²) in [5, 5.41) is 3.46. The molecule has 0 aromatic carbocycles. The Morgan fingerprint density at radius 3 is 2.72 bits per heavy atom. The Morgan fingerprint density at radius 1 is 1.33 bits per heavy atom. The van der Waals surface area contributed by atoms with Gasteiger partial charge >= 0.3 is 0 Å². The van der Waals surface area contributed by atoms with E-state index in [0.29, 0.717) is 29.3 Å². The van der Waals surface area contributed by atoms with E-state index < -0.39 is 0 Å². The number of halogens is 1. The predicted molar refractivity (Wildman–Crippen MR) is 74.9 cm³/mol. The van der Waals surface area contributed by atoms with Crippen LogP contribution in [0.15, 0.2) is 0 Å². The molecule has 2 bridgehead atoms. The van der Waals surface area contributed by atoms with Crippen LogP contribution in [0.5, 0.6) is 0 Å². The lowest BCUT2D eigenvalue weighted by atomic mass is 10.0. The molecule has 3 rings (SSSR count). The first-order chi connectivity index (χ1) is 8.15. The standard InChI is InChI=1S/C14H24N2O.ClH/c1-3-14(2)8-12(14)13(17)16-10-4-5-11(16)9-15-7-6-10;/h10-12,15H,3-9H2,1-2H3;1H. The molecule has 4 heteroatoms. The van der Waals surface area contributed by atoms with Crippen LogP contribution in [0, 0.1) is 11.3 Å². The summed E-state index contributed by atoms with van der Waals surface area (Å²) >= 11 is 0. The lowest BCUT2D eigenvalue weighted by molar-refractivity contribution is -0.136. The molecular weight excluding hydrogens is 248 g/mol. The van der Waals surface area contributed by atoms with E-state index in [2.05, 4.69) is 24.1 Å².